The largest absolute Gasteiger partial charge is 0.383 e. The number of anilines is 1. The van der Waals surface area contributed by atoms with E-state index in [1.165, 1.54) is 23.4 Å². The number of hydrogen-bond donors (Lipinski definition) is 4. The quantitative estimate of drug-likeness (QED) is 0.354. The van der Waals surface area contributed by atoms with Crippen molar-refractivity contribution in [1.82, 2.24) is 25.2 Å². The molecule has 0 aromatic carbocycles. The Morgan fingerprint density at radius 3 is 3.10 bits per heavy atom. The zero-order chi connectivity index (χ0) is 21.0. The number of hydrogen-bond acceptors (Lipinski definition) is 8. The second-order valence-electron chi connectivity index (χ2n) is 6.68. The van der Waals surface area contributed by atoms with Crippen LogP contribution in [0.25, 0.3) is 11.2 Å². The van der Waals surface area contributed by atoms with Crippen LogP contribution < -0.4 is 16.4 Å². The zero-order valence-electron chi connectivity index (χ0n) is 15.9. The highest BCUT2D eigenvalue weighted by Gasteiger charge is 2.45. The first-order valence-corrected chi connectivity index (χ1v) is 8.91. The summed E-state index contributed by atoms with van der Waals surface area (Å²) in [5.74, 6) is -0.277. The fourth-order valence-corrected chi connectivity index (χ4v) is 3.13. The highest BCUT2D eigenvalue weighted by molar-refractivity contribution is 6.04. The maximum atomic E-state index is 12.4. The number of carbonyl (C=O) groups is 2. The highest BCUT2D eigenvalue weighted by atomic mass is 16.5. The van der Waals surface area contributed by atoms with Gasteiger partial charge in [0.05, 0.1) is 37.0 Å². The molecule has 11 heteroatoms. The number of nitrogens with zero attached hydrogens (tertiary/aromatic N) is 4. The summed E-state index contributed by atoms with van der Waals surface area (Å²) in [6, 6.07) is 1.50. The summed E-state index contributed by atoms with van der Waals surface area (Å²) < 4.78 is 4.92. The standard InChI is InChI=1S/C18H22N8O3/c1-3-14(27)26-8-12(18(20,9-19)10-26)24-13-7-23-16-15(25-13)11(6-22-16)17(28)21-4-5-29-2/h3,6-7,12H,1,4-5,8,10,20H2,2H3,(H,21,28)(H,22,23)(H,24,25)/t12-,18-/m0/s1. The molecule has 2 atom stereocenters. The van der Waals surface area contributed by atoms with Gasteiger partial charge in [0.1, 0.15) is 16.9 Å². The molecule has 0 unspecified atom stereocenters. The number of methoxy groups -OCH3 is 1. The van der Waals surface area contributed by atoms with Crippen LogP contribution in [0.5, 0.6) is 0 Å². The van der Waals surface area contributed by atoms with Crippen LogP contribution in [0.4, 0.5) is 5.82 Å². The van der Waals surface area contributed by atoms with Crippen molar-refractivity contribution in [2.24, 2.45) is 5.73 Å². The van der Waals surface area contributed by atoms with Gasteiger partial charge in [0, 0.05) is 26.4 Å². The summed E-state index contributed by atoms with van der Waals surface area (Å²) in [6.07, 6.45) is 4.18. The molecule has 1 saturated heterocycles. The Labute approximate surface area is 166 Å². The third-order valence-electron chi connectivity index (χ3n) is 4.71. The van der Waals surface area contributed by atoms with Gasteiger partial charge >= 0.3 is 0 Å². The van der Waals surface area contributed by atoms with Crippen LogP contribution in [0.1, 0.15) is 10.4 Å². The number of amides is 2. The van der Waals surface area contributed by atoms with Crippen LogP contribution in [0.3, 0.4) is 0 Å². The number of fused-ring (bicyclic) bond motifs is 1. The first-order valence-electron chi connectivity index (χ1n) is 8.91. The minimum absolute atomic E-state index is 0.0685. The number of ether oxygens (including phenoxy) is 1. The lowest BCUT2D eigenvalue weighted by molar-refractivity contribution is -0.125. The number of nitrogens with one attached hydrogen (secondary N) is 3. The minimum atomic E-state index is -1.30. The number of likely N-dealkylation sites (tertiary alicyclic amines) is 1. The van der Waals surface area contributed by atoms with Gasteiger partial charge in [0.2, 0.25) is 5.91 Å². The second-order valence-corrected chi connectivity index (χ2v) is 6.68. The summed E-state index contributed by atoms with van der Waals surface area (Å²) in [5, 5.41) is 15.3. The van der Waals surface area contributed by atoms with Crippen molar-refractivity contribution >= 4 is 28.8 Å². The number of rotatable bonds is 7. The average molecular weight is 398 g/mol. The van der Waals surface area contributed by atoms with Gasteiger partial charge in [0.15, 0.2) is 5.65 Å². The van der Waals surface area contributed by atoms with E-state index in [9.17, 15) is 14.9 Å². The van der Waals surface area contributed by atoms with Gasteiger partial charge in [0.25, 0.3) is 5.91 Å². The lowest BCUT2D eigenvalue weighted by Crippen LogP contribution is -2.52. The molecule has 0 radical (unpaired) electrons. The summed E-state index contributed by atoms with van der Waals surface area (Å²) >= 11 is 0. The topological polar surface area (TPSA) is 162 Å². The van der Waals surface area contributed by atoms with Crippen LogP contribution in [0.2, 0.25) is 0 Å². The Bertz CT molecular complexity index is 981. The third-order valence-corrected chi connectivity index (χ3v) is 4.71. The summed E-state index contributed by atoms with van der Waals surface area (Å²) in [4.78, 5) is 37.3. The van der Waals surface area contributed by atoms with E-state index in [1.54, 1.807) is 7.11 Å². The van der Waals surface area contributed by atoms with E-state index in [1.807, 2.05) is 0 Å². The van der Waals surface area contributed by atoms with Crippen molar-refractivity contribution < 1.29 is 14.3 Å². The number of aromatic nitrogens is 3. The van der Waals surface area contributed by atoms with E-state index in [2.05, 4.69) is 38.2 Å². The average Bonchev–Trinajstić information content (AvgIpc) is 3.29. The highest BCUT2D eigenvalue weighted by Crippen LogP contribution is 2.24. The maximum Gasteiger partial charge on any atom is 0.255 e. The molecule has 1 aliphatic rings. The minimum Gasteiger partial charge on any atom is -0.383 e. The second kappa shape index (κ2) is 8.26. The van der Waals surface area contributed by atoms with Gasteiger partial charge in [-0.05, 0) is 6.08 Å². The predicted octanol–water partition coefficient (Wildman–Crippen LogP) is -0.636. The smallest absolute Gasteiger partial charge is 0.255 e. The van der Waals surface area contributed by atoms with Crippen LogP contribution in [0, 0.1) is 11.3 Å². The SMILES string of the molecule is C=CC(=O)N1C[C@H](Nc2cnc3[nH]cc(C(=O)NCCOC)c3n2)[C@](N)(C#N)C1. The molecule has 3 rings (SSSR count). The molecule has 0 bridgehead atoms. The molecular formula is C18H22N8O3. The van der Waals surface area contributed by atoms with Gasteiger partial charge in [-0.2, -0.15) is 5.26 Å². The number of H-pyrrole nitrogens is 1. The Morgan fingerprint density at radius 1 is 1.62 bits per heavy atom. The summed E-state index contributed by atoms with van der Waals surface area (Å²) in [5.41, 5.74) is 6.05. The zero-order valence-corrected chi connectivity index (χ0v) is 15.9. The Kier molecular flexibility index (Phi) is 5.76. The van der Waals surface area contributed by atoms with Crippen molar-refractivity contribution in [2.75, 3.05) is 38.7 Å². The number of aromatic amines is 1. The molecule has 0 saturated carbocycles. The molecule has 2 aromatic heterocycles. The Morgan fingerprint density at radius 2 is 2.41 bits per heavy atom. The number of carbonyl (C=O) groups excluding carboxylic acids is 2. The van der Waals surface area contributed by atoms with Gasteiger partial charge < -0.3 is 31.0 Å². The summed E-state index contributed by atoms with van der Waals surface area (Å²) in [6.45, 7) is 4.50. The van der Waals surface area contributed by atoms with Gasteiger partial charge in [-0.3, -0.25) is 9.59 Å². The van der Waals surface area contributed by atoms with Crippen LogP contribution >= 0.6 is 0 Å². The van der Waals surface area contributed by atoms with Crippen molar-refractivity contribution in [2.45, 2.75) is 11.6 Å². The molecular weight excluding hydrogens is 376 g/mol. The fraction of sp³-hybridized carbons (Fsp3) is 0.389. The number of nitriles is 1. The third kappa shape index (κ3) is 4.03. The van der Waals surface area contributed by atoms with E-state index in [-0.39, 0.29) is 24.9 Å². The first kappa shape index (κ1) is 20.2. The normalized spacial score (nSPS) is 21.0. The molecule has 0 spiro atoms. The molecule has 152 valence electrons. The molecule has 1 fully saturated rings. The monoisotopic (exact) mass is 398 g/mol. The lowest BCUT2D eigenvalue weighted by Gasteiger charge is -2.23. The summed E-state index contributed by atoms with van der Waals surface area (Å²) in [7, 11) is 1.55. The van der Waals surface area contributed by atoms with Gasteiger partial charge in [-0.15, -0.1) is 0 Å². The van der Waals surface area contributed by atoms with Crippen molar-refractivity contribution in [3.8, 4) is 6.07 Å². The van der Waals surface area contributed by atoms with E-state index < -0.39 is 11.6 Å². The maximum absolute atomic E-state index is 12.4. The van der Waals surface area contributed by atoms with Crippen LogP contribution in [0.15, 0.2) is 25.0 Å². The Balaban J connectivity index is 1.82. The first-order chi connectivity index (χ1) is 13.9. The molecule has 5 N–H and O–H groups in total. The van der Waals surface area contributed by atoms with E-state index >= 15 is 0 Å². The molecule has 29 heavy (non-hydrogen) atoms. The van der Waals surface area contributed by atoms with Crippen molar-refractivity contribution in [3.05, 3.63) is 30.6 Å². The van der Waals surface area contributed by atoms with Crippen molar-refractivity contribution in [1.29, 1.82) is 5.26 Å². The van der Waals surface area contributed by atoms with Crippen LogP contribution in [-0.4, -0.2) is 76.6 Å². The van der Waals surface area contributed by atoms with E-state index in [0.717, 1.165) is 0 Å². The Hall–Kier alpha value is -3.49. The molecule has 2 amide bonds. The molecule has 11 nitrogen and oxygen atoms in total. The van der Waals surface area contributed by atoms with E-state index in [0.29, 0.717) is 35.7 Å². The lowest BCUT2D eigenvalue weighted by atomic mass is 9.97. The van der Waals surface area contributed by atoms with E-state index in [4.69, 9.17) is 10.5 Å². The number of nitrogens with two attached hydrogens (primary N) is 1. The fourth-order valence-electron chi connectivity index (χ4n) is 3.13. The van der Waals surface area contributed by atoms with Gasteiger partial charge in [-0.1, -0.05) is 6.58 Å². The van der Waals surface area contributed by atoms with Crippen molar-refractivity contribution in [3.63, 3.8) is 0 Å². The van der Waals surface area contributed by atoms with Crippen LogP contribution in [-0.2, 0) is 9.53 Å². The molecule has 1 aliphatic heterocycles. The molecule has 3 heterocycles. The predicted molar refractivity (Wildman–Crippen MR) is 105 cm³/mol. The van der Waals surface area contributed by atoms with Gasteiger partial charge in [-0.25, -0.2) is 9.97 Å². The molecule has 2 aromatic rings. The molecule has 0 aliphatic carbocycles.